The number of carbonyl (C=O) groups is 1. The Morgan fingerprint density at radius 1 is 0.865 bits per heavy atom. The summed E-state index contributed by atoms with van der Waals surface area (Å²) in [6.45, 7) is 2.23. The van der Waals surface area contributed by atoms with Crippen LogP contribution in [-0.2, 0) is 10.1 Å². The molecule has 6 nitrogen and oxygen atoms in total. The molecule has 0 aliphatic heterocycles. The van der Waals surface area contributed by atoms with E-state index in [9.17, 15) is 22.9 Å². The molecule has 0 heterocycles. The molecule has 0 spiro atoms. The van der Waals surface area contributed by atoms with E-state index >= 15 is 0 Å². The van der Waals surface area contributed by atoms with Gasteiger partial charge in [-0.15, -0.1) is 0 Å². The summed E-state index contributed by atoms with van der Waals surface area (Å²) in [7, 11) is -4.39. The minimum Gasteiger partial charge on any atom is -1.00 e. The minimum atomic E-state index is -4.39. The molecule has 0 aromatic heterocycles. The van der Waals surface area contributed by atoms with Crippen LogP contribution in [0.15, 0.2) is 42.5 Å². The third-order valence-electron chi connectivity index (χ3n) is 7.12. The minimum absolute atomic E-state index is 0. The zero-order valence-corrected chi connectivity index (χ0v) is 25.6. The number of aliphatic hydroxyl groups excluding tert-OH is 1. The number of rotatable bonds is 19. The molecule has 0 aliphatic rings. The molecule has 0 bridgehead atoms. The van der Waals surface area contributed by atoms with Gasteiger partial charge in [0.05, 0.1) is 11.2 Å². The number of fused-ring (bicyclic) bond motifs is 1. The first-order chi connectivity index (χ1) is 17.3. The number of benzene rings is 2. The molecule has 2 aromatic carbocycles. The van der Waals surface area contributed by atoms with Crippen LogP contribution in [0, 0.1) is 5.92 Å². The fraction of sp³-hybridized carbons (Fsp3) is 0.621. The predicted octanol–water partition coefficient (Wildman–Crippen LogP) is 3.77. The SMILES string of the molecule is CCCCCCCCCCCCCCC(CC(C(=O)c1cccc2ccccc12)C(N)O)S(=O)(=O)O.[H-].[Na+]. The Balaban J connectivity index is 0.00000684. The Bertz CT molecular complexity index is 1030. The number of unbranched alkanes of at least 4 members (excludes halogenated alkanes) is 11. The van der Waals surface area contributed by atoms with E-state index in [0.29, 0.717) is 12.0 Å². The molecule has 0 saturated heterocycles. The maximum absolute atomic E-state index is 13.3. The fourth-order valence-electron chi connectivity index (χ4n) is 4.93. The Morgan fingerprint density at radius 3 is 1.92 bits per heavy atom. The van der Waals surface area contributed by atoms with Gasteiger partial charge in [-0.1, -0.05) is 126 Å². The first kappa shape index (κ1) is 34.2. The Hall–Kier alpha value is -0.800. The Morgan fingerprint density at radius 2 is 1.38 bits per heavy atom. The second-order valence-corrected chi connectivity index (χ2v) is 11.7. The van der Waals surface area contributed by atoms with Crippen molar-refractivity contribution in [1.82, 2.24) is 0 Å². The van der Waals surface area contributed by atoms with Crippen LogP contribution in [0.1, 0.15) is 109 Å². The number of Topliss-reactive ketones (excluding diaryl/α,β-unsaturated/α-hetero) is 1. The van der Waals surface area contributed by atoms with E-state index in [1.165, 1.54) is 51.4 Å². The van der Waals surface area contributed by atoms with Crippen LogP contribution in [0.25, 0.3) is 10.8 Å². The quantitative estimate of drug-likeness (QED) is 0.0816. The zero-order chi connectivity index (χ0) is 26.4. The maximum Gasteiger partial charge on any atom is 1.00 e. The average molecular weight is 544 g/mol. The van der Waals surface area contributed by atoms with Crippen LogP contribution >= 0.6 is 0 Å². The van der Waals surface area contributed by atoms with E-state index in [2.05, 4.69) is 6.92 Å². The van der Waals surface area contributed by atoms with E-state index in [1.807, 2.05) is 30.3 Å². The molecule has 3 unspecified atom stereocenters. The summed E-state index contributed by atoms with van der Waals surface area (Å²) >= 11 is 0. The molecule has 0 aliphatic carbocycles. The van der Waals surface area contributed by atoms with Crippen molar-refractivity contribution < 1.29 is 53.9 Å². The molecular formula is C29H46NNaO5S. The van der Waals surface area contributed by atoms with Crippen molar-refractivity contribution in [2.45, 2.75) is 108 Å². The second-order valence-electron chi connectivity index (χ2n) is 10.0. The molecule has 0 amide bonds. The Labute approximate surface area is 247 Å². The third kappa shape index (κ3) is 12.3. The maximum atomic E-state index is 13.3. The van der Waals surface area contributed by atoms with Crippen molar-refractivity contribution in [3.05, 3.63) is 48.0 Å². The average Bonchev–Trinajstić information content (AvgIpc) is 2.84. The van der Waals surface area contributed by atoms with Gasteiger partial charge in [-0.2, -0.15) is 8.42 Å². The van der Waals surface area contributed by atoms with Gasteiger partial charge in [-0.25, -0.2) is 0 Å². The summed E-state index contributed by atoms with van der Waals surface area (Å²) in [6.07, 6.45) is 12.4. The van der Waals surface area contributed by atoms with Crippen molar-refractivity contribution in [3.8, 4) is 0 Å². The molecule has 8 heteroatoms. The number of hydrogen-bond acceptors (Lipinski definition) is 5. The number of nitrogens with two attached hydrogens (primary N) is 1. The van der Waals surface area contributed by atoms with Crippen molar-refractivity contribution in [2.24, 2.45) is 11.7 Å². The van der Waals surface area contributed by atoms with Crippen LogP contribution in [0.4, 0.5) is 0 Å². The van der Waals surface area contributed by atoms with Gasteiger partial charge in [0, 0.05) is 5.56 Å². The first-order valence-electron chi connectivity index (χ1n) is 13.7. The van der Waals surface area contributed by atoms with E-state index in [-0.39, 0.29) is 43.8 Å². The predicted molar refractivity (Wildman–Crippen MR) is 149 cm³/mol. The van der Waals surface area contributed by atoms with Gasteiger partial charge >= 0.3 is 29.6 Å². The summed E-state index contributed by atoms with van der Waals surface area (Å²) in [5.41, 5.74) is 6.13. The van der Waals surface area contributed by atoms with Gasteiger partial charge < -0.3 is 12.3 Å². The van der Waals surface area contributed by atoms with Gasteiger partial charge in [0.1, 0.15) is 6.23 Å². The van der Waals surface area contributed by atoms with Crippen molar-refractivity contribution >= 4 is 26.7 Å². The van der Waals surface area contributed by atoms with Gasteiger partial charge in [0.15, 0.2) is 5.78 Å². The van der Waals surface area contributed by atoms with Gasteiger partial charge in [-0.05, 0) is 23.6 Å². The standard InChI is InChI=1S/C29H45NO5S.Na.H/c1-2-3-4-5-6-7-8-9-10-11-12-13-19-24(36(33,34)35)22-27(29(30)32)28(31)26-21-16-18-23-17-14-15-20-25(23)26;;/h14-18,20-21,24,27,29,32H,2-13,19,22,30H2,1H3,(H,33,34,35);;/q;+1;-1. The van der Waals surface area contributed by atoms with E-state index < -0.39 is 33.3 Å². The molecule has 4 N–H and O–H groups in total. The summed E-state index contributed by atoms with van der Waals surface area (Å²) in [4.78, 5) is 13.3. The first-order valence-corrected chi connectivity index (χ1v) is 15.2. The molecule has 37 heavy (non-hydrogen) atoms. The van der Waals surface area contributed by atoms with Crippen molar-refractivity contribution in [1.29, 1.82) is 0 Å². The molecule has 204 valence electrons. The van der Waals surface area contributed by atoms with Gasteiger partial charge in [0.2, 0.25) is 0 Å². The summed E-state index contributed by atoms with van der Waals surface area (Å²) in [5, 5.41) is 10.6. The summed E-state index contributed by atoms with van der Waals surface area (Å²) in [6, 6.07) is 12.7. The second kappa shape index (κ2) is 18.5. The van der Waals surface area contributed by atoms with Crippen LogP contribution < -0.4 is 35.3 Å². The smallest absolute Gasteiger partial charge is 1.00 e. The van der Waals surface area contributed by atoms with Crippen molar-refractivity contribution in [2.75, 3.05) is 0 Å². The fourth-order valence-corrected chi connectivity index (χ4v) is 5.84. The molecular weight excluding hydrogens is 497 g/mol. The van der Waals surface area contributed by atoms with Crippen molar-refractivity contribution in [3.63, 3.8) is 0 Å². The zero-order valence-electron chi connectivity index (χ0n) is 23.8. The monoisotopic (exact) mass is 543 g/mol. The van der Waals surface area contributed by atoms with Crippen LogP contribution in [-0.4, -0.2) is 35.3 Å². The molecule has 0 fully saturated rings. The van der Waals surface area contributed by atoms with E-state index in [1.54, 1.807) is 12.1 Å². The van der Waals surface area contributed by atoms with Gasteiger partial charge in [-0.3, -0.25) is 9.35 Å². The molecule has 0 saturated carbocycles. The summed E-state index contributed by atoms with van der Waals surface area (Å²) in [5.74, 6) is -1.54. The molecule has 3 atom stereocenters. The summed E-state index contributed by atoms with van der Waals surface area (Å²) < 4.78 is 34.1. The number of hydrogen-bond donors (Lipinski definition) is 3. The largest absolute Gasteiger partial charge is 1.00 e. The van der Waals surface area contributed by atoms with Crippen LogP contribution in [0.2, 0.25) is 0 Å². The number of carbonyl (C=O) groups excluding carboxylic acids is 1. The molecule has 2 aromatic rings. The van der Waals surface area contributed by atoms with Gasteiger partial charge in [0.25, 0.3) is 10.1 Å². The number of aliphatic hydroxyl groups is 1. The van der Waals surface area contributed by atoms with E-state index in [0.717, 1.165) is 30.0 Å². The van der Waals surface area contributed by atoms with Crippen LogP contribution in [0.3, 0.4) is 0 Å². The molecule has 0 radical (unpaired) electrons. The Kier molecular flexibility index (Phi) is 17.1. The third-order valence-corrected chi connectivity index (χ3v) is 8.39. The van der Waals surface area contributed by atoms with E-state index in [4.69, 9.17) is 5.73 Å². The number of ketones is 1. The topological polar surface area (TPSA) is 118 Å². The normalized spacial score (nSPS) is 14.2. The molecule has 2 rings (SSSR count). The van der Waals surface area contributed by atoms with Crippen LogP contribution in [0.5, 0.6) is 0 Å².